The number of esters is 1. The standard InChI is InChI=1S/C23H21FN2O3S/c24-18-8-6-17(7-9-18)20-10-11-21(30-20)23(28)29-16-22(27)26-14-12-25(13-15-26)19-4-2-1-3-5-19/h1-11H,12-16H2. The zero-order valence-corrected chi connectivity index (χ0v) is 17.1. The Hall–Kier alpha value is -3.19. The maximum atomic E-state index is 13.1. The van der Waals surface area contributed by atoms with Crippen LogP contribution in [0.25, 0.3) is 10.4 Å². The summed E-state index contributed by atoms with van der Waals surface area (Å²) >= 11 is 1.26. The molecule has 1 aromatic heterocycles. The van der Waals surface area contributed by atoms with E-state index in [1.807, 2.05) is 18.2 Å². The Morgan fingerprint density at radius 3 is 2.30 bits per heavy atom. The van der Waals surface area contributed by atoms with Crippen molar-refractivity contribution in [3.05, 3.63) is 77.4 Å². The molecular formula is C23H21FN2O3S. The van der Waals surface area contributed by atoms with Crippen molar-refractivity contribution in [1.29, 1.82) is 0 Å². The first kappa shape index (κ1) is 20.1. The van der Waals surface area contributed by atoms with Crippen molar-refractivity contribution in [3.8, 4) is 10.4 Å². The van der Waals surface area contributed by atoms with Gasteiger partial charge in [-0.25, -0.2) is 9.18 Å². The van der Waals surface area contributed by atoms with Gasteiger partial charge in [0.15, 0.2) is 6.61 Å². The molecule has 0 radical (unpaired) electrons. The number of carbonyl (C=O) groups is 2. The molecule has 1 aliphatic heterocycles. The predicted octanol–water partition coefficient (Wildman–Crippen LogP) is 4.06. The molecule has 0 N–H and O–H groups in total. The monoisotopic (exact) mass is 424 g/mol. The van der Waals surface area contributed by atoms with Crippen molar-refractivity contribution in [1.82, 2.24) is 4.90 Å². The number of carbonyl (C=O) groups excluding carboxylic acids is 2. The molecule has 0 bridgehead atoms. The van der Waals surface area contributed by atoms with Crippen LogP contribution in [-0.2, 0) is 9.53 Å². The van der Waals surface area contributed by atoms with Crippen LogP contribution in [0, 0.1) is 5.82 Å². The summed E-state index contributed by atoms with van der Waals surface area (Å²) in [4.78, 5) is 30.0. The van der Waals surface area contributed by atoms with Gasteiger partial charge in [0.2, 0.25) is 0 Å². The summed E-state index contributed by atoms with van der Waals surface area (Å²) in [5, 5.41) is 0. The van der Waals surface area contributed by atoms with E-state index in [1.165, 1.54) is 23.5 Å². The average Bonchev–Trinajstić information content (AvgIpc) is 3.29. The summed E-state index contributed by atoms with van der Waals surface area (Å²) in [5.41, 5.74) is 1.97. The minimum atomic E-state index is -0.523. The molecule has 3 aromatic rings. The van der Waals surface area contributed by atoms with Crippen molar-refractivity contribution in [2.45, 2.75) is 0 Å². The van der Waals surface area contributed by atoms with E-state index in [9.17, 15) is 14.0 Å². The molecule has 4 rings (SSSR count). The van der Waals surface area contributed by atoms with Crippen molar-refractivity contribution in [3.63, 3.8) is 0 Å². The fraction of sp³-hybridized carbons (Fsp3) is 0.217. The third kappa shape index (κ3) is 4.68. The Morgan fingerprint density at radius 2 is 1.60 bits per heavy atom. The molecule has 0 saturated carbocycles. The van der Waals surface area contributed by atoms with Gasteiger partial charge in [0.25, 0.3) is 5.91 Å². The number of ether oxygens (including phenoxy) is 1. The number of para-hydroxylation sites is 1. The second-order valence-corrected chi connectivity index (χ2v) is 8.03. The molecule has 154 valence electrons. The molecule has 5 nitrogen and oxygen atoms in total. The highest BCUT2D eigenvalue weighted by Gasteiger charge is 2.22. The third-order valence-corrected chi connectivity index (χ3v) is 6.13. The molecule has 30 heavy (non-hydrogen) atoms. The molecule has 7 heteroatoms. The largest absolute Gasteiger partial charge is 0.451 e. The van der Waals surface area contributed by atoms with Gasteiger partial charge in [-0.1, -0.05) is 30.3 Å². The SMILES string of the molecule is O=C(OCC(=O)N1CCN(c2ccccc2)CC1)c1ccc(-c2ccc(F)cc2)s1. The van der Waals surface area contributed by atoms with Gasteiger partial charge >= 0.3 is 5.97 Å². The van der Waals surface area contributed by atoms with E-state index < -0.39 is 5.97 Å². The van der Waals surface area contributed by atoms with Gasteiger partial charge in [-0.3, -0.25) is 4.79 Å². The summed E-state index contributed by atoms with van der Waals surface area (Å²) in [6.45, 7) is 2.41. The summed E-state index contributed by atoms with van der Waals surface area (Å²) in [6, 6.07) is 19.6. The molecule has 0 spiro atoms. The first-order valence-electron chi connectivity index (χ1n) is 9.71. The van der Waals surface area contributed by atoms with E-state index in [1.54, 1.807) is 29.2 Å². The summed E-state index contributed by atoms with van der Waals surface area (Å²) in [5.74, 6) is -1.02. The number of hydrogen-bond donors (Lipinski definition) is 0. The normalized spacial score (nSPS) is 13.9. The maximum Gasteiger partial charge on any atom is 0.348 e. The van der Waals surface area contributed by atoms with Crippen molar-refractivity contribution < 1.29 is 18.7 Å². The van der Waals surface area contributed by atoms with Crippen LogP contribution in [0.2, 0.25) is 0 Å². The van der Waals surface area contributed by atoms with Gasteiger partial charge in [0.05, 0.1) is 0 Å². The number of hydrogen-bond acceptors (Lipinski definition) is 5. The lowest BCUT2D eigenvalue weighted by atomic mass is 10.2. The van der Waals surface area contributed by atoms with Gasteiger partial charge in [-0.05, 0) is 42.0 Å². The summed E-state index contributed by atoms with van der Waals surface area (Å²) < 4.78 is 18.3. The van der Waals surface area contributed by atoms with Crippen LogP contribution >= 0.6 is 11.3 Å². The number of anilines is 1. The van der Waals surface area contributed by atoms with E-state index in [4.69, 9.17) is 4.74 Å². The lowest BCUT2D eigenvalue weighted by Gasteiger charge is -2.36. The van der Waals surface area contributed by atoms with Gasteiger partial charge in [0, 0.05) is 36.7 Å². The van der Waals surface area contributed by atoms with Crippen molar-refractivity contribution >= 4 is 28.9 Å². The summed E-state index contributed by atoms with van der Waals surface area (Å²) in [7, 11) is 0. The van der Waals surface area contributed by atoms with Gasteiger partial charge in [-0.15, -0.1) is 11.3 Å². The average molecular weight is 424 g/mol. The highest BCUT2D eigenvalue weighted by molar-refractivity contribution is 7.17. The molecule has 0 unspecified atom stereocenters. The molecular weight excluding hydrogens is 403 g/mol. The number of halogens is 1. The van der Waals surface area contributed by atoms with E-state index >= 15 is 0 Å². The number of nitrogens with zero attached hydrogens (tertiary/aromatic N) is 2. The van der Waals surface area contributed by atoms with Crippen LogP contribution in [-0.4, -0.2) is 49.6 Å². The molecule has 2 heterocycles. The second-order valence-electron chi connectivity index (χ2n) is 6.95. The van der Waals surface area contributed by atoms with Crippen LogP contribution in [0.4, 0.5) is 10.1 Å². The van der Waals surface area contributed by atoms with Crippen molar-refractivity contribution in [2.75, 3.05) is 37.7 Å². The maximum absolute atomic E-state index is 13.1. The van der Waals surface area contributed by atoms with Gasteiger partial charge in [0.1, 0.15) is 10.7 Å². The molecule has 1 fully saturated rings. The number of rotatable bonds is 5. The van der Waals surface area contributed by atoms with Crippen LogP contribution in [0.15, 0.2) is 66.7 Å². The zero-order chi connectivity index (χ0) is 20.9. The third-order valence-electron chi connectivity index (χ3n) is 5.02. The van der Waals surface area contributed by atoms with Gasteiger partial charge < -0.3 is 14.5 Å². The first-order valence-corrected chi connectivity index (χ1v) is 10.5. The highest BCUT2D eigenvalue weighted by atomic mass is 32.1. The van der Waals surface area contributed by atoms with E-state index in [0.717, 1.165) is 29.2 Å². The molecule has 1 saturated heterocycles. The number of amides is 1. The Labute approximate surface area is 178 Å². The fourth-order valence-corrected chi connectivity index (χ4v) is 4.26. The lowest BCUT2D eigenvalue weighted by Crippen LogP contribution is -2.49. The van der Waals surface area contributed by atoms with Gasteiger partial charge in [-0.2, -0.15) is 0 Å². The fourth-order valence-electron chi connectivity index (χ4n) is 3.36. The molecule has 0 atom stereocenters. The molecule has 2 aromatic carbocycles. The number of piperazine rings is 1. The Morgan fingerprint density at radius 1 is 0.900 bits per heavy atom. The van der Waals surface area contributed by atoms with Crippen LogP contribution < -0.4 is 4.90 Å². The van der Waals surface area contributed by atoms with Crippen LogP contribution in [0.3, 0.4) is 0 Å². The smallest absolute Gasteiger partial charge is 0.348 e. The van der Waals surface area contributed by atoms with Crippen LogP contribution in [0.5, 0.6) is 0 Å². The van der Waals surface area contributed by atoms with E-state index in [-0.39, 0.29) is 18.3 Å². The van der Waals surface area contributed by atoms with Crippen LogP contribution in [0.1, 0.15) is 9.67 Å². The molecule has 1 aliphatic rings. The molecule has 0 aliphatic carbocycles. The zero-order valence-electron chi connectivity index (χ0n) is 16.3. The van der Waals surface area contributed by atoms with Crippen molar-refractivity contribution in [2.24, 2.45) is 0 Å². The summed E-state index contributed by atoms with van der Waals surface area (Å²) in [6.07, 6.45) is 0. The second kappa shape index (κ2) is 9.09. The predicted molar refractivity (Wildman–Crippen MR) is 115 cm³/mol. The Bertz CT molecular complexity index is 1010. The molecule has 1 amide bonds. The topological polar surface area (TPSA) is 49.9 Å². The highest BCUT2D eigenvalue weighted by Crippen LogP contribution is 2.28. The minimum absolute atomic E-state index is 0.189. The van der Waals surface area contributed by atoms with E-state index in [2.05, 4.69) is 17.0 Å². The Kier molecular flexibility index (Phi) is 6.09. The quantitative estimate of drug-likeness (QED) is 0.580. The van der Waals surface area contributed by atoms with E-state index in [0.29, 0.717) is 18.0 Å². The first-order chi connectivity index (χ1) is 14.6. The number of benzene rings is 2. The lowest BCUT2D eigenvalue weighted by molar-refractivity contribution is -0.134. The number of thiophene rings is 1. The Balaban J connectivity index is 1.27. The minimum Gasteiger partial charge on any atom is -0.451 e.